The zero-order valence-corrected chi connectivity index (χ0v) is 49.3. The fraction of sp³-hybridized carbons (Fsp3) is 0.125. The number of halogens is 1. The minimum Gasteiger partial charge on any atom is -1.00 e. The number of nitrogens with zero attached hydrogens (tertiary/aromatic N) is 4. The van der Waals surface area contributed by atoms with E-state index in [-0.39, 0.29) is 105 Å². The van der Waals surface area contributed by atoms with Crippen LogP contribution in [0.2, 0.25) is 0 Å². The molecule has 0 spiro atoms. The average Bonchev–Trinajstić information content (AvgIpc) is 3.63. The molecule has 30 heteroatoms. The van der Waals surface area contributed by atoms with Gasteiger partial charge in [0.15, 0.2) is 0 Å². The molecular formula is C56H58ClN8NaO20. The summed E-state index contributed by atoms with van der Waals surface area (Å²) < 4.78 is 14.5. The van der Waals surface area contributed by atoms with Gasteiger partial charge < -0.3 is 78.5 Å². The van der Waals surface area contributed by atoms with Crippen molar-refractivity contribution in [3.8, 4) is 17.2 Å². The van der Waals surface area contributed by atoms with Crippen molar-refractivity contribution < 1.29 is 131 Å². The molecule has 0 heterocycles. The number of nitrogen functional groups attached to an aromatic ring is 1. The fourth-order valence-electron chi connectivity index (χ4n) is 5.77. The Morgan fingerprint density at radius 2 is 0.919 bits per heavy atom. The van der Waals surface area contributed by atoms with E-state index in [9.17, 15) is 48.7 Å². The Hall–Kier alpha value is -10.4. The van der Waals surface area contributed by atoms with E-state index in [1.54, 1.807) is 81.4 Å². The van der Waals surface area contributed by atoms with Gasteiger partial charge in [0.1, 0.15) is 22.9 Å². The summed E-state index contributed by atoms with van der Waals surface area (Å²) in [5.74, 6) is -3.44. The first-order chi connectivity index (χ1) is 40.1. The number of nitrogens with one attached hydrogen (secondary N) is 2. The number of phenols is 3. The first-order valence-electron chi connectivity index (χ1n) is 24.0. The van der Waals surface area contributed by atoms with Crippen molar-refractivity contribution in [2.75, 3.05) is 36.4 Å². The number of phenolic OH excluding ortho intramolecular Hbond substituents is 3. The van der Waals surface area contributed by atoms with E-state index in [1.807, 2.05) is 19.1 Å². The normalized spacial score (nSPS) is 9.28. The largest absolute Gasteiger partial charge is 1.00 e. The molecule has 0 aliphatic heterocycles. The summed E-state index contributed by atoms with van der Waals surface area (Å²) in [6.07, 6.45) is 0. The number of aromatic hydroxyl groups is 3. The summed E-state index contributed by atoms with van der Waals surface area (Å²) in [7, 11) is 0. The molecule has 450 valence electrons. The molecule has 0 saturated heterocycles. The van der Waals surface area contributed by atoms with Crippen molar-refractivity contribution in [2.24, 2.45) is 20.7 Å². The smallest absolute Gasteiger partial charge is 1.00 e. The van der Waals surface area contributed by atoms with Crippen molar-refractivity contribution in [3.63, 3.8) is 0 Å². The number of anilines is 3. The molecule has 0 saturated carbocycles. The number of aryl methyl sites for hydroxylation is 1. The molecule has 28 nitrogen and oxygen atoms in total. The number of azo groups is 1. The zero-order valence-electron chi connectivity index (χ0n) is 46.5. The second-order valence-corrected chi connectivity index (χ2v) is 15.6. The van der Waals surface area contributed by atoms with Gasteiger partial charge in [-0.25, -0.2) is 39.9 Å². The molecule has 7 aromatic carbocycles. The van der Waals surface area contributed by atoms with Gasteiger partial charge in [-0.1, -0.05) is 23.8 Å². The maximum absolute atomic E-state index is 11.5. The Labute approximate surface area is 518 Å². The van der Waals surface area contributed by atoms with Gasteiger partial charge in [0, 0.05) is 16.4 Å². The third-order valence-corrected chi connectivity index (χ3v) is 9.75. The van der Waals surface area contributed by atoms with E-state index in [1.165, 1.54) is 72.8 Å². The van der Waals surface area contributed by atoms with Gasteiger partial charge in [0.25, 0.3) is 0 Å². The Morgan fingerprint density at radius 3 is 1.31 bits per heavy atom. The first-order valence-corrected chi connectivity index (χ1v) is 24.0. The van der Waals surface area contributed by atoms with E-state index in [0.29, 0.717) is 53.6 Å². The SMILES string of the molecule is CCOC(=O)c1ccc(C)cc1.CCOC(=O)c1ccc(N)cc1.CCOC(=O)c1ccc(N=Nc2ccc(C(=O)O)cc2O)cc1.O=C(O)c1cccc(O)c1.O=NC(=O)c1ccc(NNc2ccc(C(=O)O)cc2O)cc1.O=N[O-].[Cl-].[NH3+]O.[Na+]. The molecule has 0 fully saturated rings. The van der Waals surface area contributed by atoms with Gasteiger partial charge in [-0.15, -0.1) is 15.4 Å². The summed E-state index contributed by atoms with van der Waals surface area (Å²) >= 11 is 0. The van der Waals surface area contributed by atoms with Gasteiger partial charge in [-0.05, 0) is 167 Å². The summed E-state index contributed by atoms with van der Waals surface area (Å²) in [6, 6.07) is 39.3. The van der Waals surface area contributed by atoms with Crippen LogP contribution in [0.4, 0.5) is 28.4 Å². The van der Waals surface area contributed by atoms with Gasteiger partial charge >= 0.3 is 71.3 Å². The second kappa shape index (κ2) is 43.3. The monoisotopic (exact) mass is 1220 g/mol. The van der Waals surface area contributed by atoms with E-state index in [4.69, 9.17) is 55.7 Å². The van der Waals surface area contributed by atoms with Gasteiger partial charge in [0.05, 0.1) is 70.3 Å². The minimum absolute atomic E-state index is 0. The Balaban J connectivity index is 0. The Morgan fingerprint density at radius 1 is 0.523 bits per heavy atom. The number of ether oxygens (including phenoxy) is 3. The number of amides is 1. The van der Waals surface area contributed by atoms with E-state index >= 15 is 0 Å². The quantitative estimate of drug-likeness (QED) is 0.0102. The number of carbonyl (C=O) groups excluding carboxylic acids is 4. The van der Waals surface area contributed by atoms with Gasteiger partial charge in [-0.2, -0.15) is 5.11 Å². The molecule has 7 aromatic rings. The van der Waals surface area contributed by atoms with Crippen molar-refractivity contribution in [1.82, 2.24) is 0 Å². The number of quaternary nitrogens is 1. The summed E-state index contributed by atoms with van der Waals surface area (Å²) in [4.78, 5) is 94.7. The number of esters is 3. The van der Waals surface area contributed by atoms with Crippen LogP contribution >= 0.6 is 0 Å². The maximum Gasteiger partial charge on any atom is 1.00 e. The number of hydrazine groups is 1. The predicted molar refractivity (Wildman–Crippen MR) is 303 cm³/mol. The number of carboxylic acids is 3. The summed E-state index contributed by atoms with van der Waals surface area (Å²) in [5, 5.41) is 80.1. The molecule has 86 heavy (non-hydrogen) atoms. The van der Waals surface area contributed by atoms with Crippen LogP contribution in [0.15, 0.2) is 178 Å². The third-order valence-electron chi connectivity index (χ3n) is 9.75. The Kier molecular flexibility index (Phi) is 39.2. The number of hydrogen-bond acceptors (Lipinski definition) is 23. The number of aromatic carboxylic acids is 3. The van der Waals surface area contributed by atoms with E-state index < -0.39 is 29.8 Å². The van der Waals surface area contributed by atoms with Gasteiger partial charge in [0.2, 0.25) is 0 Å². The Bertz CT molecular complexity index is 3250. The molecule has 0 aromatic heterocycles. The van der Waals surface area contributed by atoms with Crippen molar-refractivity contribution in [2.45, 2.75) is 27.7 Å². The number of nitroso groups, excluding NO2 is 1. The zero-order chi connectivity index (χ0) is 63.1. The van der Waals surface area contributed by atoms with E-state index in [2.05, 4.69) is 32.2 Å². The predicted octanol–water partition coefficient (Wildman–Crippen LogP) is 3.70. The van der Waals surface area contributed by atoms with Crippen LogP contribution in [0.5, 0.6) is 17.2 Å². The molecule has 1 amide bonds. The molecule has 0 bridgehead atoms. The number of benzene rings is 7. The average molecular weight is 1220 g/mol. The third kappa shape index (κ3) is 29.6. The molecule has 0 aliphatic rings. The molecule has 0 radical (unpaired) electrons. The summed E-state index contributed by atoms with van der Waals surface area (Å²) in [6.45, 7) is 8.39. The van der Waals surface area contributed by atoms with Crippen LogP contribution in [0.1, 0.15) is 98.8 Å². The van der Waals surface area contributed by atoms with Crippen molar-refractivity contribution in [1.29, 1.82) is 0 Å². The maximum atomic E-state index is 11.5. The topological polar surface area (TPSA) is 473 Å². The molecule has 0 aliphatic carbocycles. The van der Waals surface area contributed by atoms with Crippen LogP contribution < -0.4 is 64.4 Å². The second-order valence-electron chi connectivity index (χ2n) is 15.6. The van der Waals surface area contributed by atoms with E-state index in [0.717, 1.165) is 23.0 Å². The van der Waals surface area contributed by atoms with Gasteiger partial charge in [-0.3, -0.25) is 10.2 Å². The molecule has 0 unspecified atom stereocenters. The first kappa shape index (κ1) is 77.7. The number of rotatable bonds is 15. The number of carboxylic acid groups (broad SMARTS) is 3. The van der Waals surface area contributed by atoms with Crippen LogP contribution in [0, 0.1) is 21.9 Å². The minimum atomic E-state index is -1.14. The number of hydrogen-bond donors (Lipinski definition) is 11. The van der Waals surface area contributed by atoms with Crippen LogP contribution in [-0.2, 0) is 14.2 Å². The van der Waals surface area contributed by atoms with Crippen LogP contribution in [0.25, 0.3) is 0 Å². The molecular weight excluding hydrogens is 1160 g/mol. The van der Waals surface area contributed by atoms with Crippen LogP contribution in [0.3, 0.4) is 0 Å². The fourth-order valence-corrected chi connectivity index (χ4v) is 5.77. The van der Waals surface area contributed by atoms with Crippen LogP contribution in [-0.4, -0.2) is 97.4 Å². The number of nitrogens with two attached hydrogens (primary N) is 1. The van der Waals surface area contributed by atoms with Crippen molar-refractivity contribution >= 4 is 70.2 Å². The molecule has 0 atom stereocenters. The summed E-state index contributed by atoms with van der Waals surface area (Å²) in [5.41, 5.74) is 15.9. The molecule has 7 rings (SSSR count). The van der Waals surface area contributed by atoms with Crippen molar-refractivity contribution in [3.05, 3.63) is 217 Å². The number of carbonyl (C=O) groups is 7. The molecule has 14 N–H and O–H groups in total. The standard InChI is InChI=1S/C16H14N2O5.C14H11N3O5.C10H12O2.C9H11NO2.C7H6O3.ClH.HNO2.H4NO.Na/c1-2-23-16(22)10-3-6-12(7-4-10)17-18-13-8-5-11(15(20)21)9-14(13)19;18-12-7-9(14(20)21)3-6-11(12)16-15-10-4-1-8(2-5-10)13(19)17-22;1-3-12-10(11)9-6-4-8(2)5-7-9;1-2-12-9(11)7-3-5-8(10)6-4-7;8-6-3-1-2-5(4-6)7(9)10;;2-1-3;1-2;/h3-9,19H,2H2,1H3,(H,20,21);1-7,15-16,18H,(H,20,21);4-7H,3H2,1-2H3;3-6H,2,10H2,1H3;1-4,8H,(H,9,10);1H;(H,2,3);2H,1H3;/q;;;;;;;2*+1/p-2.